The molecule has 20 heavy (non-hydrogen) atoms. The molecule has 1 aromatic heterocycles. The number of anilines is 2. The van der Waals surface area contributed by atoms with Crippen LogP contribution in [0.2, 0.25) is 5.02 Å². The number of hydrogen-bond donors (Lipinski definition) is 2. The fourth-order valence-corrected chi connectivity index (χ4v) is 2.48. The number of hydrogen-bond acceptors (Lipinski definition) is 2. The Morgan fingerprint density at radius 1 is 1.20 bits per heavy atom. The highest BCUT2D eigenvalue weighted by Gasteiger charge is 2.12. The molecule has 1 heterocycles. The van der Waals surface area contributed by atoms with Crippen LogP contribution in [0.5, 0.6) is 0 Å². The Balaban J connectivity index is 2.18. The van der Waals surface area contributed by atoms with Gasteiger partial charge in [0, 0.05) is 7.05 Å². The quantitative estimate of drug-likeness (QED) is 0.828. The summed E-state index contributed by atoms with van der Waals surface area (Å²) in [4.78, 5) is 0. The van der Waals surface area contributed by atoms with Crippen LogP contribution in [0.3, 0.4) is 0 Å². The maximum Gasteiger partial charge on any atom is 0.175 e. The highest BCUT2D eigenvalue weighted by Crippen LogP contribution is 2.26. The zero-order chi connectivity index (χ0) is 14.9. The maximum atomic E-state index is 6.18. The van der Waals surface area contributed by atoms with Gasteiger partial charge in [0.05, 0.1) is 27.8 Å². The predicted octanol–water partition coefficient (Wildman–Crippen LogP) is 3.81. The van der Waals surface area contributed by atoms with Gasteiger partial charge in [0.2, 0.25) is 0 Å². The normalized spacial score (nSPS) is 10.4. The zero-order valence-electron chi connectivity index (χ0n) is 11.9. The van der Waals surface area contributed by atoms with Crippen LogP contribution in [0.25, 0.3) is 0 Å². The number of rotatable bonds is 2. The third-order valence-corrected chi connectivity index (χ3v) is 3.73. The van der Waals surface area contributed by atoms with Gasteiger partial charge >= 0.3 is 0 Å². The standard InChI is InChI=1S/C14H17ClN4S/c1-8-6-5-7-11(15)12(8)16-14(20)17-13-9(2)18-19(4)10(13)3/h5-7H,1-4H3,(H2,16,17,20). The molecule has 2 aromatic rings. The summed E-state index contributed by atoms with van der Waals surface area (Å²) in [6.45, 7) is 5.92. The molecule has 0 aliphatic carbocycles. The Kier molecular flexibility index (Phi) is 4.30. The van der Waals surface area contributed by atoms with E-state index in [2.05, 4.69) is 15.7 Å². The molecule has 106 valence electrons. The highest BCUT2D eigenvalue weighted by molar-refractivity contribution is 7.80. The van der Waals surface area contributed by atoms with Crippen molar-refractivity contribution in [3.8, 4) is 0 Å². The summed E-state index contributed by atoms with van der Waals surface area (Å²) < 4.78 is 1.82. The minimum Gasteiger partial charge on any atom is -0.331 e. The molecule has 0 unspecified atom stereocenters. The van der Waals surface area contributed by atoms with E-state index in [-0.39, 0.29) is 0 Å². The molecular formula is C14H17ClN4S. The second-order valence-corrected chi connectivity index (χ2v) is 5.50. The summed E-state index contributed by atoms with van der Waals surface area (Å²) in [6, 6.07) is 5.73. The molecule has 1 aromatic carbocycles. The summed E-state index contributed by atoms with van der Waals surface area (Å²) in [5, 5.41) is 11.8. The SMILES string of the molecule is Cc1cccc(Cl)c1NC(=S)Nc1c(C)nn(C)c1C. The molecule has 0 radical (unpaired) electrons. The van der Waals surface area contributed by atoms with Crippen molar-refractivity contribution in [3.63, 3.8) is 0 Å². The van der Waals surface area contributed by atoms with Crippen molar-refractivity contribution in [3.05, 3.63) is 40.2 Å². The van der Waals surface area contributed by atoms with Crippen molar-refractivity contribution in [1.82, 2.24) is 9.78 Å². The molecule has 2 rings (SSSR count). The average molecular weight is 309 g/mol. The largest absolute Gasteiger partial charge is 0.331 e. The molecular weight excluding hydrogens is 292 g/mol. The summed E-state index contributed by atoms with van der Waals surface area (Å²) in [5.41, 5.74) is 4.73. The molecule has 4 nitrogen and oxygen atoms in total. The number of nitrogens with zero attached hydrogens (tertiary/aromatic N) is 2. The van der Waals surface area contributed by atoms with Crippen LogP contribution in [0.15, 0.2) is 18.2 Å². The van der Waals surface area contributed by atoms with Crippen LogP contribution >= 0.6 is 23.8 Å². The lowest BCUT2D eigenvalue weighted by atomic mass is 10.2. The molecule has 0 aliphatic heterocycles. The monoisotopic (exact) mass is 308 g/mol. The minimum absolute atomic E-state index is 0.500. The van der Waals surface area contributed by atoms with Crippen molar-refractivity contribution in [2.75, 3.05) is 10.6 Å². The van der Waals surface area contributed by atoms with Gasteiger partial charge in [0.15, 0.2) is 5.11 Å². The lowest BCUT2D eigenvalue weighted by Gasteiger charge is -2.14. The summed E-state index contributed by atoms with van der Waals surface area (Å²) >= 11 is 11.5. The molecule has 6 heteroatoms. The Morgan fingerprint density at radius 3 is 2.40 bits per heavy atom. The molecule has 0 bridgehead atoms. The van der Waals surface area contributed by atoms with Crippen LogP contribution in [-0.2, 0) is 7.05 Å². The van der Waals surface area contributed by atoms with E-state index in [4.69, 9.17) is 23.8 Å². The second kappa shape index (κ2) is 5.81. The Labute approximate surface area is 129 Å². The smallest absolute Gasteiger partial charge is 0.175 e. The van der Waals surface area contributed by atoms with E-state index in [1.807, 2.05) is 50.7 Å². The number of nitrogens with one attached hydrogen (secondary N) is 2. The van der Waals surface area contributed by atoms with Crippen molar-refractivity contribution in [1.29, 1.82) is 0 Å². The molecule has 0 fully saturated rings. The van der Waals surface area contributed by atoms with Gasteiger partial charge in [-0.15, -0.1) is 0 Å². The number of halogens is 1. The lowest BCUT2D eigenvalue weighted by molar-refractivity contribution is 0.731. The topological polar surface area (TPSA) is 41.9 Å². The fraction of sp³-hybridized carbons (Fsp3) is 0.286. The van der Waals surface area contributed by atoms with Gasteiger partial charge in [-0.25, -0.2) is 0 Å². The van der Waals surface area contributed by atoms with E-state index in [1.54, 1.807) is 0 Å². The predicted molar refractivity (Wildman–Crippen MR) is 88.7 cm³/mol. The summed E-state index contributed by atoms with van der Waals surface area (Å²) in [6.07, 6.45) is 0. The number of benzene rings is 1. The van der Waals surface area contributed by atoms with E-state index >= 15 is 0 Å². The van der Waals surface area contributed by atoms with Gasteiger partial charge in [-0.2, -0.15) is 5.10 Å². The maximum absolute atomic E-state index is 6.18. The lowest BCUT2D eigenvalue weighted by Crippen LogP contribution is -2.20. The molecule has 0 saturated carbocycles. The van der Waals surface area contributed by atoms with E-state index < -0.39 is 0 Å². The van der Waals surface area contributed by atoms with Gasteiger partial charge in [-0.3, -0.25) is 4.68 Å². The number of para-hydroxylation sites is 1. The average Bonchev–Trinajstić information content (AvgIpc) is 2.61. The first-order valence-electron chi connectivity index (χ1n) is 6.23. The van der Waals surface area contributed by atoms with E-state index in [1.165, 1.54) is 0 Å². The van der Waals surface area contributed by atoms with Crippen LogP contribution < -0.4 is 10.6 Å². The molecule has 0 aliphatic rings. The Bertz CT molecular complexity index is 643. The van der Waals surface area contributed by atoms with Crippen molar-refractivity contribution >= 4 is 40.3 Å². The van der Waals surface area contributed by atoms with Crippen molar-refractivity contribution < 1.29 is 0 Å². The second-order valence-electron chi connectivity index (χ2n) is 4.68. The highest BCUT2D eigenvalue weighted by atomic mass is 35.5. The molecule has 2 N–H and O–H groups in total. The van der Waals surface area contributed by atoms with Crippen LogP contribution in [0, 0.1) is 20.8 Å². The van der Waals surface area contributed by atoms with Crippen LogP contribution in [0.1, 0.15) is 17.0 Å². The van der Waals surface area contributed by atoms with Gasteiger partial charge in [-0.1, -0.05) is 23.7 Å². The van der Waals surface area contributed by atoms with Gasteiger partial charge in [0.25, 0.3) is 0 Å². The van der Waals surface area contributed by atoms with Crippen LogP contribution in [0.4, 0.5) is 11.4 Å². The first-order chi connectivity index (χ1) is 9.40. The van der Waals surface area contributed by atoms with E-state index in [0.717, 1.165) is 28.3 Å². The fourth-order valence-electron chi connectivity index (χ4n) is 2.00. The molecule has 0 amide bonds. The third kappa shape index (κ3) is 2.94. The van der Waals surface area contributed by atoms with Gasteiger partial charge in [0.1, 0.15) is 0 Å². The van der Waals surface area contributed by atoms with Gasteiger partial charge < -0.3 is 10.6 Å². The first kappa shape index (κ1) is 14.8. The molecule has 0 atom stereocenters. The van der Waals surface area contributed by atoms with E-state index in [0.29, 0.717) is 10.1 Å². The Hall–Kier alpha value is -1.59. The number of aryl methyl sites for hydroxylation is 3. The minimum atomic E-state index is 0.500. The third-order valence-electron chi connectivity index (χ3n) is 3.21. The van der Waals surface area contributed by atoms with Crippen molar-refractivity contribution in [2.45, 2.75) is 20.8 Å². The summed E-state index contributed by atoms with van der Waals surface area (Å²) in [5.74, 6) is 0. The first-order valence-corrected chi connectivity index (χ1v) is 7.02. The zero-order valence-corrected chi connectivity index (χ0v) is 13.5. The molecule has 0 saturated heterocycles. The summed E-state index contributed by atoms with van der Waals surface area (Å²) in [7, 11) is 1.90. The van der Waals surface area contributed by atoms with E-state index in [9.17, 15) is 0 Å². The van der Waals surface area contributed by atoms with Crippen LogP contribution in [-0.4, -0.2) is 14.9 Å². The number of aromatic nitrogens is 2. The van der Waals surface area contributed by atoms with Crippen molar-refractivity contribution in [2.24, 2.45) is 7.05 Å². The van der Waals surface area contributed by atoms with Gasteiger partial charge in [-0.05, 0) is 44.6 Å². The number of thiocarbonyl (C=S) groups is 1. The Morgan fingerprint density at radius 2 is 1.85 bits per heavy atom. The molecule has 0 spiro atoms.